The van der Waals surface area contributed by atoms with Crippen LogP contribution in [0, 0.1) is 0 Å². The van der Waals surface area contributed by atoms with E-state index >= 15 is 0 Å². The lowest BCUT2D eigenvalue weighted by Gasteiger charge is -2.30. The van der Waals surface area contributed by atoms with E-state index in [0.29, 0.717) is 5.92 Å². The summed E-state index contributed by atoms with van der Waals surface area (Å²) in [5.74, 6) is 1.32. The maximum Gasteiger partial charge on any atom is 0.156 e. The van der Waals surface area contributed by atoms with Crippen molar-refractivity contribution >= 4 is 11.3 Å². The fourth-order valence-electron chi connectivity index (χ4n) is 4.20. The van der Waals surface area contributed by atoms with E-state index in [1.54, 1.807) is 0 Å². The van der Waals surface area contributed by atoms with E-state index in [1.165, 1.54) is 17.5 Å². The molecule has 0 radical (unpaired) electrons. The first-order valence-corrected chi connectivity index (χ1v) is 10.6. The van der Waals surface area contributed by atoms with Gasteiger partial charge in [0.05, 0.1) is 18.1 Å². The van der Waals surface area contributed by atoms with Crippen LogP contribution < -0.4 is 5.32 Å². The number of nitrogens with one attached hydrogen (secondary N) is 1. The van der Waals surface area contributed by atoms with Crippen molar-refractivity contribution in [3.63, 3.8) is 0 Å². The number of likely N-dealkylation sites (tertiary alicyclic amines) is 1. The number of hydrogen-bond donors (Lipinski definition) is 1. The molecule has 0 aliphatic carbocycles. The molecule has 154 valence electrons. The summed E-state index contributed by atoms with van der Waals surface area (Å²) in [6.45, 7) is 3.84. The standard InChI is InChI=1S/C23H27N7/c1-28-14-19(13-25-28)15-29-11-5-8-20(16-29)23-26-22-10-9-21(17-30(22)27-23)24-12-18-6-3-2-4-7-18/h2-4,6-7,9-10,13-14,17,20,24H,5,8,11-12,15-16H2,1H3/t20-/m0/s1. The van der Waals surface area contributed by atoms with Crippen LogP contribution in [0.5, 0.6) is 0 Å². The van der Waals surface area contributed by atoms with Crippen molar-refractivity contribution < 1.29 is 0 Å². The van der Waals surface area contributed by atoms with Gasteiger partial charge in [-0.25, -0.2) is 9.50 Å². The van der Waals surface area contributed by atoms with Gasteiger partial charge in [0.1, 0.15) is 0 Å². The molecule has 0 amide bonds. The first-order valence-electron chi connectivity index (χ1n) is 10.6. The van der Waals surface area contributed by atoms with Gasteiger partial charge in [0.15, 0.2) is 11.5 Å². The van der Waals surface area contributed by atoms with Gasteiger partial charge in [0.2, 0.25) is 0 Å². The van der Waals surface area contributed by atoms with Gasteiger partial charge in [0.25, 0.3) is 0 Å². The highest BCUT2D eigenvalue weighted by atomic mass is 15.3. The number of nitrogens with zero attached hydrogens (tertiary/aromatic N) is 6. The number of fused-ring (bicyclic) bond motifs is 1. The Morgan fingerprint density at radius 3 is 2.80 bits per heavy atom. The molecule has 4 aromatic rings. The van der Waals surface area contributed by atoms with Crippen LogP contribution in [0.15, 0.2) is 61.1 Å². The van der Waals surface area contributed by atoms with Crippen LogP contribution in [-0.2, 0) is 20.1 Å². The van der Waals surface area contributed by atoms with E-state index in [-0.39, 0.29) is 0 Å². The Morgan fingerprint density at radius 1 is 1.07 bits per heavy atom. The minimum atomic E-state index is 0.371. The Morgan fingerprint density at radius 2 is 1.97 bits per heavy atom. The zero-order valence-electron chi connectivity index (χ0n) is 17.3. The SMILES string of the molecule is Cn1cc(CN2CCC[C@H](c3nc4ccc(NCc5ccccc5)cn4n3)C2)cn1. The van der Waals surface area contributed by atoms with Crippen molar-refractivity contribution in [3.8, 4) is 0 Å². The van der Waals surface area contributed by atoms with Crippen molar-refractivity contribution in [2.24, 2.45) is 7.05 Å². The number of aryl methyl sites for hydroxylation is 1. The first kappa shape index (κ1) is 18.8. The molecule has 1 saturated heterocycles. The lowest BCUT2D eigenvalue weighted by molar-refractivity contribution is 0.196. The predicted octanol–water partition coefficient (Wildman–Crippen LogP) is 3.45. The molecule has 30 heavy (non-hydrogen) atoms. The minimum Gasteiger partial charge on any atom is -0.380 e. The molecule has 1 atom stereocenters. The van der Waals surface area contributed by atoms with Crippen LogP contribution in [-0.4, -0.2) is 42.4 Å². The molecule has 0 saturated carbocycles. The normalized spacial score (nSPS) is 17.4. The highest BCUT2D eigenvalue weighted by Gasteiger charge is 2.25. The molecule has 0 bridgehead atoms. The van der Waals surface area contributed by atoms with Crippen LogP contribution >= 0.6 is 0 Å². The molecule has 0 unspecified atom stereocenters. The van der Waals surface area contributed by atoms with Crippen molar-refractivity contribution in [1.82, 2.24) is 29.3 Å². The molecule has 1 N–H and O–H groups in total. The van der Waals surface area contributed by atoms with Crippen molar-refractivity contribution in [1.29, 1.82) is 0 Å². The smallest absolute Gasteiger partial charge is 0.156 e. The lowest BCUT2D eigenvalue weighted by atomic mass is 9.97. The average molecular weight is 402 g/mol. The fraction of sp³-hybridized carbons (Fsp3) is 0.348. The zero-order chi connectivity index (χ0) is 20.3. The molecule has 3 aromatic heterocycles. The van der Waals surface area contributed by atoms with Gasteiger partial charge in [-0.3, -0.25) is 9.58 Å². The van der Waals surface area contributed by atoms with Gasteiger partial charge in [0, 0.05) is 44.4 Å². The number of hydrogen-bond acceptors (Lipinski definition) is 5. The summed E-state index contributed by atoms with van der Waals surface area (Å²) >= 11 is 0. The molecule has 1 fully saturated rings. The number of anilines is 1. The molecule has 4 heterocycles. The molecule has 5 rings (SSSR count). The largest absolute Gasteiger partial charge is 0.380 e. The van der Waals surface area contributed by atoms with E-state index in [4.69, 9.17) is 10.1 Å². The Bertz CT molecular complexity index is 1120. The third kappa shape index (κ3) is 4.21. The van der Waals surface area contributed by atoms with E-state index in [1.807, 2.05) is 40.8 Å². The molecule has 1 aliphatic heterocycles. The molecule has 1 aliphatic rings. The Hall–Kier alpha value is -3.19. The van der Waals surface area contributed by atoms with Gasteiger partial charge in [-0.05, 0) is 37.1 Å². The summed E-state index contributed by atoms with van der Waals surface area (Å²) in [5.41, 5.74) is 4.47. The highest BCUT2D eigenvalue weighted by Crippen LogP contribution is 2.26. The van der Waals surface area contributed by atoms with Gasteiger partial charge >= 0.3 is 0 Å². The summed E-state index contributed by atoms with van der Waals surface area (Å²) in [5, 5.41) is 12.6. The quantitative estimate of drug-likeness (QED) is 0.536. The Balaban J connectivity index is 1.27. The van der Waals surface area contributed by atoms with E-state index < -0.39 is 0 Å². The first-order chi connectivity index (χ1) is 14.7. The van der Waals surface area contributed by atoms with Gasteiger partial charge in [-0.1, -0.05) is 30.3 Å². The van der Waals surface area contributed by atoms with Crippen LogP contribution in [0.1, 0.15) is 35.7 Å². The summed E-state index contributed by atoms with van der Waals surface area (Å²) in [4.78, 5) is 7.31. The second kappa shape index (κ2) is 8.28. The predicted molar refractivity (Wildman–Crippen MR) is 117 cm³/mol. The van der Waals surface area contributed by atoms with Crippen LogP contribution in [0.2, 0.25) is 0 Å². The van der Waals surface area contributed by atoms with E-state index in [0.717, 1.165) is 49.8 Å². The van der Waals surface area contributed by atoms with Crippen molar-refractivity contribution in [2.45, 2.75) is 31.8 Å². The number of aromatic nitrogens is 5. The highest BCUT2D eigenvalue weighted by molar-refractivity contribution is 5.49. The van der Waals surface area contributed by atoms with Gasteiger partial charge in [-0.2, -0.15) is 10.2 Å². The number of pyridine rings is 1. The molecule has 0 spiro atoms. The molecular weight excluding hydrogens is 374 g/mol. The Labute approximate surface area is 176 Å². The maximum atomic E-state index is 4.82. The third-order valence-electron chi connectivity index (χ3n) is 5.72. The summed E-state index contributed by atoms with van der Waals surface area (Å²) < 4.78 is 3.77. The minimum absolute atomic E-state index is 0.371. The summed E-state index contributed by atoms with van der Waals surface area (Å²) in [6.07, 6.45) is 8.39. The van der Waals surface area contributed by atoms with Crippen LogP contribution in [0.3, 0.4) is 0 Å². The zero-order valence-corrected chi connectivity index (χ0v) is 17.3. The molecule has 7 nitrogen and oxygen atoms in total. The number of benzene rings is 1. The fourth-order valence-corrected chi connectivity index (χ4v) is 4.20. The second-order valence-corrected chi connectivity index (χ2v) is 8.13. The van der Waals surface area contributed by atoms with Crippen molar-refractivity contribution in [2.75, 3.05) is 18.4 Å². The van der Waals surface area contributed by atoms with Gasteiger partial charge < -0.3 is 5.32 Å². The summed E-state index contributed by atoms with van der Waals surface area (Å²) in [6, 6.07) is 14.5. The monoisotopic (exact) mass is 401 g/mol. The summed E-state index contributed by atoms with van der Waals surface area (Å²) in [7, 11) is 1.96. The van der Waals surface area contributed by atoms with Gasteiger partial charge in [-0.15, -0.1) is 0 Å². The lowest BCUT2D eigenvalue weighted by Crippen LogP contribution is -2.34. The maximum absolute atomic E-state index is 4.82. The second-order valence-electron chi connectivity index (χ2n) is 8.13. The van der Waals surface area contributed by atoms with E-state index in [9.17, 15) is 0 Å². The topological polar surface area (TPSA) is 63.3 Å². The molecule has 1 aromatic carbocycles. The molecular formula is C23H27N7. The van der Waals surface area contributed by atoms with Crippen LogP contribution in [0.25, 0.3) is 5.65 Å². The Kier molecular flexibility index (Phi) is 5.19. The number of piperidine rings is 1. The van der Waals surface area contributed by atoms with Crippen LogP contribution in [0.4, 0.5) is 5.69 Å². The number of rotatable bonds is 6. The third-order valence-corrected chi connectivity index (χ3v) is 5.72. The van der Waals surface area contributed by atoms with E-state index in [2.05, 4.69) is 51.8 Å². The average Bonchev–Trinajstić information content (AvgIpc) is 3.38. The van der Waals surface area contributed by atoms with Crippen molar-refractivity contribution in [3.05, 3.63) is 78.0 Å². The molecule has 7 heteroatoms.